The van der Waals surface area contributed by atoms with Crippen molar-refractivity contribution in [3.05, 3.63) is 35.9 Å². The van der Waals surface area contributed by atoms with Gasteiger partial charge in [-0.2, -0.15) is 0 Å². The number of piperidine rings is 1. The number of carbonyl (C=O) groups excluding carboxylic acids is 1. The molecule has 0 spiro atoms. The summed E-state index contributed by atoms with van der Waals surface area (Å²) in [5, 5.41) is 2.86. The number of methoxy groups -OCH3 is 1. The highest BCUT2D eigenvalue weighted by Gasteiger charge is 2.29. The molecule has 142 valence electrons. The Hall–Kier alpha value is -1.19. The van der Waals surface area contributed by atoms with Crippen molar-refractivity contribution in [3.8, 4) is 0 Å². The maximum absolute atomic E-state index is 12.5. The second-order valence-corrected chi connectivity index (χ2v) is 7.95. The number of hydrogen-bond acceptors (Lipinski definition) is 5. The molecule has 1 aromatic rings. The largest absolute Gasteiger partial charge is 0.383 e. The quantitative estimate of drug-likeness (QED) is 0.704. The lowest BCUT2D eigenvalue weighted by Crippen LogP contribution is -2.51. The van der Waals surface area contributed by atoms with Crippen molar-refractivity contribution in [3.63, 3.8) is 0 Å². The number of hydrogen-bond donors (Lipinski definition) is 2. The summed E-state index contributed by atoms with van der Waals surface area (Å²) >= 11 is 0. The van der Waals surface area contributed by atoms with Gasteiger partial charge in [0.05, 0.1) is 12.4 Å². The smallest absolute Gasteiger partial charge is 0.239 e. The summed E-state index contributed by atoms with van der Waals surface area (Å²) in [5.74, 6) is -0.258. The lowest BCUT2D eigenvalue weighted by atomic mass is 10.1. The summed E-state index contributed by atoms with van der Waals surface area (Å²) in [7, 11) is -1.85. The van der Waals surface area contributed by atoms with Gasteiger partial charge in [-0.3, -0.25) is 4.79 Å². The van der Waals surface area contributed by atoms with Crippen LogP contribution in [0.25, 0.3) is 0 Å². The minimum Gasteiger partial charge on any atom is -0.383 e. The van der Waals surface area contributed by atoms with Gasteiger partial charge in [-0.25, -0.2) is 12.7 Å². The molecule has 1 aromatic carbocycles. The molecule has 1 heterocycles. The van der Waals surface area contributed by atoms with Crippen molar-refractivity contribution in [1.82, 2.24) is 9.62 Å². The highest BCUT2D eigenvalue weighted by atomic mass is 35.5. The molecule has 9 heteroatoms. The third-order valence-electron chi connectivity index (χ3n) is 4.07. The van der Waals surface area contributed by atoms with Crippen LogP contribution in [0.3, 0.4) is 0 Å². The van der Waals surface area contributed by atoms with Crippen molar-refractivity contribution in [2.75, 3.05) is 26.8 Å². The van der Waals surface area contributed by atoms with E-state index in [-0.39, 0.29) is 36.7 Å². The average molecular weight is 392 g/mol. The van der Waals surface area contributed by atoms with Gasteiger partial charge in [-0.05, 0) is 18.4 Å². The number of sulfonamides is 1. The Morgan fingerprint density at radius 2 is 1.92 bits per heavy atom. The molecule has 0 saturated carbocycles. The van der Waals surface area contributed by atoms with Crippen LogP contribution in [0.2, 0.25) is 0 Å². The number of halogens is 1. The Labute approximate surface area is 155 Å². The summed E-state index contributed by atoms with van der Waals surface area (Å²) < 4.78 is 31.3. The van der Waals surface area contributed by atoms with Crippen molar-refractivity contribution >= 4 is 28.3 Å². The zero-order valence-electron chi connectivity index (χ0n) is 14.3. The van der Waals surface area contributed by atoms with Crippen LogP contribution in [-0.2, 0) is 25.3 Å². The first-order valence-corrected chi connectivity index (χ1v) is 9.60. The van der Waals surface area contributed by atoms with Gasteiger partial charge >= 0.3 is 0 Å². The van der Waals surface area contributed by atoms with Crippen molar-refractivity contribution < 1.29 is 17.9 Å². The lowest BCUT2D eigenvalue weighted by Gasteiger charge is -2.32. The number of nitrogens with zero attached hydrogens (tertiary/aromatic N) is 1. The van der Waals surface area contributed by atoms with Crippen LogP contribution < -0.4 is 11.1 Å². The Bertz CT molecular complexity index is 634. The Morgan fingerprint density at radius 3 is 2.48 bits per heavy atom. The Morgan fingerprint density at radius 1 is 1.32 bits per heavy atom. The van der Waals surface area contributed by atoms with E-state index in [9.17, 15) is 13.2 Å². The molecule has 1 aliphatic heterocycles. The van der Waals surface area contributed by atoms with Crippen LogP contribution in [0.5, 0.6) is 0 Å². The molecule has 1 fully saturated rings. The normalized spacial score (nSPS) is 17.5. The first-order valence-electron chi connectivity index (χ1n) is 7.99. The molecule has 1 unspecified atom stereocenters. The van der Waals surface area contributed by atoms with Gasteiger partial charge in [0, 0.05) is 26.2 Å². The van der Waals surface area contributed by atoms with Crippen LogP contribution in [0.4, 0.5) is 0 Å². The maximum Gasteiger partial charge on any atom is 0.239 e. The number of nitrogens with one attached hydrogen (secondary N) is 1. The molecule has 0 bridgehead atoms. The third-order valence-corrected chi connectivity index (χ3v) is 5.92. The predicted octanol–water partition coefficient (Wildman–Crippen LogP) is 0.493. The molecule has 3 N–H and O–H groups in total. The van der Waals surface area contributed by atoms with Crippen LogP contribution >= 0.6 is 12.4 Å². The van der Waals surface area contributed by atoms with E-state index in [1.165, 1.54) is 11.4 Å². The molecule has 7 nitrogen and oxygen atoms in total. The zero-order chi connectivity index (χ0) is 17.6. The van der Waals surface area contributed by atoms with Gasteiger partial charge in [-0.15, -0.1) is 12.4 Å². The average Bonchev–Trinajstić information content (AvgIpc) is 2.56. The van der Waals surface area contributed by atoms with Gasteiger partial charge in [-0.1, -0.05) is 30.3 Å². The minimum atomic E-state index is -3.34. The fraction of sp³-hybridized carbons (Fsp3) is 0.562. The molecule has 0 aliphatic carbocycles. The molecule has 2 rings (SSSR count). The van der Waals surface area contributed by atoms with E-state index >= 15 is 0 Å². The lowest BCUT2D eigenvalue weighted by molar-refractivity contribution is -0.124. The molecule has 25 heavy (non-hydrogen) atoms. The van der Waals surface area contributed by atoms with Crippen LogP contribution in [0.1, 0.15) is 18.4 Å². The van der Waals surface area contributed by atoms with Gasteiger partial charge in [0.1, 0.15) is 6.04 Å². The van der Waals surface area contributed by atoms with E-state index in [4.69, 9.17) is 10.5 Å². The van der Waals surface area contributed by atoms with Crippen LogP contribution in [0.15, 0.2) is 30.3 Å². The second kappa shape index (κ2) is 10.1. The van der Waals surface area contributed by atoms with Gasteiger partial charge in [0.2, 0.25) is 15.9 Å². The van der Waals surface area contributed by atoms with Crippen LogP contribution in [-0.4, -0.2) is 57.5 Å². The summed E-state index contributed by atoms with van der Waals surface area (Å²) in [6.45, 7) is 0.968. The summed E-state index contributed by atoms with van der Waals surface area (Å²) in [5.41, 5.74) is 6.46. The highest BCUT2D eigenvalue weighted by Crippen LogP contribution is 2.17. The SMILES string of the molecule is COCC(N)C(=O)NC1CCN(S(=O)(=O)Cc2ccccc2)CC1.Cl. The van der Waals surface area contributed by atoms with Gasteiger partial charge < -0.3 is 15.8 Å². The van der Waals surface area contributed by atoms with E-state index in [2.05, 4.69) is 5.32 Å². The van der Waals surface area contributed by atoms with E-state index < -0.39 is 16.1 Å². The molecule has 1 amide bonds. The summed E-state index contributed by atoms with van der Waals surface area (Å²) in [4.78, 5) is 11.9. The molecule has 0 aromatic heterocycles. The fourth-order valence-corrected chi connectivity index (χ4v) is 4.28. The molecular formula is C16H26ClN3O4S. The van der Waals surface area contributed by atoms with Gasteiger partial charge in [0.15, 0.2) is 0 Å². The van der Waals surface area contributed by atoms with E-state index in [1.54, 1.807) is 0 Å². The molecule has 0 radical (unpaired) electrons. The van der Waals surface area contributed by atoms with Gasteiger partial charge in [0.25, 0.3) is 0 Å². The third kappa shape index (κ3) is 6.56. The monoisotopic (exact) mass is 391 g/mol. The molecule has 1 aliphatic rings. The molecule has 1 saturated heterocycles. The van der Waals surface area contributed by atoms with E-state index in [1.807, 2.05) is 30.3 Å². The van der Waals surface area contributed by atoms with Crippen LogP contribution in [0, 0.1) is 0 Å². The minimum absolute atomic E-state index is 0. The van der Waals surface area contributed by atoms with Crippen molar-refractivity contribution in [1.29, 1.82) is 0 Å². The highest BCUT2D eigenvalue weighted by molar-refractivity contribution is 7.88. The number of ether oxygens (including phenoxy) is 1. The first-order chi connectivity index (χ1) is 11.4. The van der Waals surface area contributed by atoms with E-state index in [0.29, 0.717) is 25.9 Å². The maximum atomic E-state index is 12.5. The molecular weight excluding hydrogens is 366 g/mol. The fourth-order valence-electron chi connectivity index (χ4n) is 2.72. The zero-order valence-corrected chi connectivity index (χ0v) is 15.9. The van der Waals surface area contributed by atoms with E-state index in [0.717, 1.165) is 5.56 Å². The first kappa shape index (κ1) is 21.9. The second-order valence-electron chi connectivity index (χ2n) is 5.99. The molecule has 1 atom stereocenters. The number of rotatable bonds is 7. The van der Waals surface area contributed by atoms with Crippen molar-refractivity contribution in [2.24, 2.45) is 5.73 Å². The summed E-state index contributed by atoms with van der Waals surface area (Å²) in [6, 6.07) is 8.38. The number of amides is 1. The van der Waals surface area contributed by atoms with Crippen molar-refractivity contribution in [2.45, 2.75) is 30.7 Å². The predicted molar refractivity (Wildman–Crippen MR) is 98.9 cm³/mol. The topological polar surface area (TPSA) is 102 Å². The number of benzene rings is 1. The standard InChI is InChI=1S/C16H25N3O4S.ClH/c1-23-11-15(17)16(20)18-14-7-9-19(10-8-14)24(21,22)12-13-5-3-2-4-6-13;/h2-6,14-15H,7-12,17H2,1H3,(H,18,20);1H. The number of nitrogens with two attached hydrogens (primary N) is 1. The number of carbonyl (C=O) groups is 1. The summed E-state index contributed by atoms with van der Waals surface area (Å²) in [6.07, 6.45) is 1.17. The Kier molecular flexibility index (Phi) is 8.81. The Balaban J connectivity index is 0.00000312.